The summed E-state index contributed by atoms with van der Waals surface area (Å²) in [5.74, 6) is -0.746. The molecule has 1 heterocycles. The van der Waals surface area contributed by atoms with Crippen LogP contribution >= 0.6 is 46.1 Å². The summed E-state index contributed by atoms with van der Waals surface area (Å²) in [7, 11) is 0. The van der Waals surface area contributed by atoms with Crippen molar-refractivity contribution in [3.63, 3.8) is 0 Å². The molecule has 0 bridgehead atoms. The first-order chi connectivity index (χ1) is 12.8. The number of ether oxygens (including phenoxy) is 1. The zero-order chi connectivity index (χ0) is 19.9. The number of nitrogens with one attached hydrogen (secondary N) is 2. The highest BCUT2D eigenvalue weighted by Gasteiger charge is 2.34. The Kier molecular flexibility index (Phi) is 8.23. The molecule has 0 spiro atoms. The van der Waals surface area contributed by atoms with E-state index in [1.165, 1.54) is 11.3 Å². The molecule has 5 nitrogen and oxygen atoms in total. The Labute approximate surface area is 176 Å². The minimum atomic E-state index is -1.79. The van der Waals surface area contributed by atoms with Crippen LogP contribution in [0.5, 0.6) is 0 Å². The average molecular weight is 450 g/mol. The van der Waals surface area contributed by atoms with Crippen molar-refractivity contribution in [2.75, 3.05) is 11.9 Å². The van der Waals surface area contributed by atoms with E-state index < -0.39 is 9.96 Å². The number of alkyl halides is 3. The van der Waals surface area contributed by atoms with Crippen LogP contribution in [0.15, 0.2) is 41.8 Å². The number of carbonyl (C=O) groups is 2. The number of amides is 1. The first-order valence-corrected chi connectivity index (χ1v) is 10.3. The molecular weight excluding hydrogens is 431 g/mol. The topological polar surface area (TPSA) is 67.4 Å². The van der Waals surface area contributed by atoms with Gasteiger partial charge in [0.1, 0.15) is 6.17 Å². The standard InChI is InChI=1S/C18H19Cl3N2O3S/c1-2-3-10-26-16(25)12-6-8-13(9-7-12)22-17(18(19,20)21)23-15(24)14-5-4-11-27-14/h4-9,11,17,22H,2-3,10H2,1H3,(H,23,24). The van der Waals surface area contributed by atoms with Crippen LogP contribution in [0, 0.1) is 0 Å². The number of benzene rings is 1. The molecule has 0 aliphatic carbocycles. The molecule has 1 aromatic carbocycles. The number of rotatable bonds is 8. The second kappa shape index (κ2) is 10.2. The fourth-order valence-corrected chi connectivity index (χ4v) is 3.03. The van der Waals surface area contributed by atoms with Gasteiger partial charge in [-0.15, -0.1) is 11.3 Å². The number of unbranched alkanes of at least 4 members (excludes halogenated alkanes) is 1. The van der Waals surface area contributed by atoms with Gasteiger partial charge in [-0.05, 0) is 42.1 Å². The fraction of sp³-hybridized carbons (Fsp3) is 0.333. The number of hydrogen-bond donors (Lipinski definition) is 2. The van der Waals surface area contributed by atoms with Crippen LogP contribution in [0.3, 0.4) is 0 Å². The Bertz CT molecular complexity index is 746. The Balaban J connectivity index is 2.02. The van der Waals surface area contributed by atoms with E-state index in [9.17, 15) is 9.59 Å². The highest BCUT2D eigenvalue weighted by molar-refractivity contribution is 7.12. The summed E-state index contributed by atoms with van der Waals surface area (Å²) in [5.41, 5.74) is 0.993. The number of anilines is 1. The lowest BCUT2D eigenvalue weighted by Crippen LogP contribution is -2.48. The monoisotopic (exact) mass is 448 g/mol. The van der Waals surface area contributed by atoms with E-state index in [0.29, 0.717) is 22.7 Å². The van der Waals surface area contributed by atoms with E-state index in [1.807, 2.05) is 6.92 Å². The molecule has 1 amide bonds. The first kappa shape index (κ1) is 21.8. The number of carbonyl (C=O) groups excluding carboxylic acids is 2. The van der Waals surface area contributed by atoms with Crippen molar-refractivity contribution in [1.82, 2.24) is 5.32 Å². The summed E-state index contributed by atoms with van der Waals surface area (Å²) in [6.45, 7) is 2.41. The van der Waals surface area contributed by atoms with E-state index in [2.05, 4.69) is 10.6 Å². The Morgan fingerprint density at radius 3 is 2.44 bits per heavy atom. The third kappa shape index (κ3) is 6.88. The number of esters is 1. The van der Waals surface area contributed by atoms with Crippen molar-refractivity contribution in [2.24, 2.45) is 0 Å². The van der Waals surface area contributed by atoms with Crippen molar-refractivity contribution in [1.29, 1.82) is 0 Å². The second-order valence-corrected chi connectivity index (χ2v) is 8.95. The van der Waals surface area contributed by atoms with Gasteiger partial charge in [0.2, 0.25) is 3.79 Å². The van der Waals surface area contributed by atoms with Gasteiger partial charge in [-0.25, -0.2) is 4.79 Å². The van der Waals surface area contributed by atoms with Gasteiger partial charge in [-0.3, -0.25) is 4.79 Å². The summed E-state index contributed by atoms with van der Waals surface area (Å²) in [6, 6.07) is 9.94. The second-order valence-electron chi connectivity index (χ2n) is 5.64. The lowest BCUT2D eigenvalue weighted by molar-refractivity contribution is 0.0499. The van der Waals surface area contributed by atoms with E-state index in [0.717, 1.165) is 12.8 Å². The van der Waals surface area contributed by atoms with Gasteiger partial charge < -0.3 is 15.4 Å². The third-order valence-corrected chi connectivity index (χ3v) is 5.03. The molecule has 0 aliphatic heterocycles. The first-order valence-electron chi connectivity index (χ1n) is 8.26. The van der Waals surface area contributed by atoms with Crippen molar-refractivity contribution in [2.45, 2.75) is 29.7 Å². The maximum atomic E-state index is 12.2. The van der Waals surface area contributed by atoms with E-state index in [4.69, 9.17) is 39.5 Å². The molecule has 2 N–H and O–H groups in total. The normalized spacial score (nSPS) is 12.3. The summed E-state index contributed by atoms with van der Waals surface area (Å²) < 4.78 is 3.37. The van der Waals surface area contributed by atoms with Crippen LogP contribution in [0.2, 0.25) is 0 Å². The summed E-state index contributed by atoms with van der Waals surface area (Å²) in [4.78, 5) is 24.7. The SMILES string of the molecule is CCCCOC(=O)c1ccc(NC(NC(=O)c2cccs2)C(Cl)(Cl)Cl)cc1. The molecule has 0 saturated heterocycles. The minimum Gasteiger partial charge on any atom is -0.462 e. The van der Waals surface area contributed by atoms with Gasteiger partial charge in [0.05, 0.1) is 17.0 Å². The lowest BCUT2D eigenvalue weighted by atomic mass is 10.2. The van der Waals surface area contributed by atoms with E-state index in [-0.39, 0.29) is 11.9 Å². The van der Waals surface area contributed by atoms with Crippen molar-refractivity contribution >= 4 is 63.7 Å². The highest BCUT2D eigenvalue weighted by Crippen LogP contribution is 2.31. The smallest absolute Gasteiger partial charge is 0.338 e. The number of hydrogen-bond acceptors (Lipinski definition) is 5. The number of halogens is 3. The molecule has 27 heavy (non-hydrogen) atoms. The predicted molar refractivity (Wildman–Crippen MR) is 111 cm³/mol. The van der Waals surface area contributed by atoms with E-state index >= 15 is 0 Å². The average Bonchev–Trinajstić information content (AvgIpc) is 3.16. The van der Waals surface area contributed by atoms with Crippen LogP contribution in [0.1, 0.15) is 39.8 Å². The number of thiophene rings is 1. The quantitative estimate of drug-likeness (QED) is 0.250. The molecule has 0 radical (unpaired) electrons. The van der Waals surface area contributed by atoms with Gasteiger partial charge in [-0.2, -0.15) is 0 Å². The lowest BCUT2D eigenvalue weighted by Gasteiger charge is -2.27. The van der Waals surface area contributed by atoms with E-state index in [1.54, 1.807) is 41.8 Å². The zero-order valence-corrected chi connectivity index (χ0v) is 17.6. The van der Waals surface area contributed by atoms with Gasteiger partial charge in [0.15, 0.2) is 0 Å². The maximum absolute atomic E-state index is 12.2. The Morgan fingerprint density at radius 2 is 1.89 bits per heavy atom. The van der Waals surface area contributed by atoms with Crippen LogP contribution in [-0.4, -0.2) is 28.4 Å². The van der Waals surface area contributed by atoms with Crippen LogP contribution in [-0.2, 0) is 4.74 Å². The van der Waals surface area contributed by atoms with Crippen LogP contribution in [0.25, 0.3) is 0 Å². The van der Waals surface area contributed by atoms with Crippen LogP contribution < -0.4 is 10.6 Å². The van der Waals surface area contributed by atoms with Gasteiger partial charge in [0, 0.05) is 5.69 Å². The molecule has 146 valence electrons. The highest BCUT2D eigenvalue weighted by atomic mass is 35.6. The summed E-state index contributed by atoms with van der Waals surface area (Å²) in [6.07, 6.45) is 0.797. The zero-order valence-electron chi connectivity index (χ0n) is 14.5. The summed E-state index contributed by atoms with van der Waals surface area (Å²) in [5, 5.41) is 7.39. The molecule has 0 aliphatic rings. The molecule has 0 fully saturated rings. The molecular formula is C18H19Cl3N2O3S. The Hall–Kier alpha value is -1.47. The maximum Gasteiger partial charge on any atom is 0.338 e. The molecule has 9 heteroatoms. The minimum absolute atomic E-state index is 0.357. The molecule has 1 aromatic heterocycles. The largest absolute Gasteiger partial charge is 0.462 e. The molecule has 1 atom stereocenters. The summed E-state index contributed by atoms with van der Waals surface area (Å²) >= 11 is 19.3. The van der Waals surface area contributed by atoms with Gasteiger partial charge in [0.25, 0.3) is 5.91 Å². The molecule has 0 saturated carbocycles. The van der Waals surface area contributed by atoms with Gasteiger partial charge in [-0.1, -0.05) is 54.2 Å². The van der Waals surface area contributed by atoms with Gasteiger partial charge >= 0.3 is 5.97 Å². The Morgan fingerprint density at radius 1 is 1.19 bits per heavy atom. The van der Waals surface area contributed by atoms with Crippen LogP contribution in [0.4, 0.5) is 5.69 Å². The van der Waals surface area contributed by atoms with Crippen molar-refractivity contribution in [3.05, 3.63) is 52.2 Å². The van der Waals surface area contributed by atoms with Crippen molar-refractivity contribution < 1.29 is 14.3 Å². The molecule has 2 aromatic rings. The fourth-order valence-electron chi connectivity index (χ4n) is 2.07. The third-order valence-electron chi connectivity index (χ3n) is 3.51. The predicted octanol–water partition coefficient (Wildman–Crippen LogP) is 5.24. The molecule has 2 rings (SSSR count). The molecule has 1 unspecified atom stereocenters. The van der Waals surface area contributed by atoms with Crippen molar-refractivity contribution in [3.8, 4) is 0 Å².